The van der Waals surface area contributed by atoms with Crippen molar-refractivity contribution in [2.24, 2.45) is 5.92 Å². The lowest BCUT2D eigenvalue weighted by Crippen LogP contribution is -2.11. The maximum absolute atomic E-state index is 12.5. The van der Waals surface area contributed by atoms with Crippen LogP contribution in [0.1, 0.15) is 19.4 Å². The third-order valence-electron chi connectivity index (χ3n) is 5.24. The molecule has 34 heavy (non-hydrogen) atoms. The minimum Gasteiger partial charge on any atom is -0.382 e. The van der Waals surface area contributed by atoms with E-state index < -0.39 is 9.84 Å². The molecule has 0 atom stereocenters. The van der Waals surface area contributed by atoms with Gasteiger partial charge in [0.05, 0.1) is 22.5 Å². The van der Waals surface area contributed by atoms with Crippen molar-refractivity contribution < 1.29 is 12.9 Å². The number of aromatic nitrogens is 3. The van der Waals surface area contributed by atoms with Crippen molar-refractivity contribution in [3.05, 3.63) is 66.4 Å². The first kappa shape index (κ1) is 23.6. The van der Waals surface area contributed by atoms with E-state index in [1.54, 1.807) is 36.5 Å². The highest BCUT2D eigenvalue weighted by molar-refractivity contribution is 7.91. The second-order valence-corrected chi connectivity index (χ2v) is 10.5. The lowest BCUT2D eigenvalue weighted by Gasteiger charge is -2.08. The van der Waals surface area contributed by atoms with Crippen molar-refractivity contribution in [3.8, 4) is 34.0 Å². The van der Waals surface area contributed by atoms with Crippen LogP contribution in [0.2, 0.25) is 0 Å². The molecule has 0 aliphatic heterocycles. The van der Waals surface area contributed by atoms with E-state index >= 15 is 0 Å². The maximum Gasteiger partial charge on any atom is 0.189 e. The van der Waals surface area contributed by atoms with Gasteiger partial charge in [0, 0.05) is 23.7 Å². The number of hydrogen-bond donors (Lipinski definition) is 2. The number of nitrogens with one attached hydrogen (secondary N) is 1. The van der Waals surface area contributed by atoms with Gasteiger partial charge in [-0.2, -0.15) is 0 Å². The molecule has 2 aromatic heterocycles. The molecule has 0 spiro atoms. The second kappa shape index (κ2) is 9.74. The average molecular weight is 478 g/mol. The largest absolute Gasteiger partial charge is 0.382 e. The van der Waals surface area contributed by atoms with E-state index in [1.165, 1.54) is 5.56 Å². The minimum atomic E-state index is -3.33. The van der Waals surface area contributed by atoms with Gasteiger partial charge in [0.2, 0.25) is 0 Å². The van der Waals surface area contributed by atoms with Crippen molar-refractivity contribution in [1.82, 2.24) is 20.4 Å². The van der Waals surface area contributed by atoms with Gasteiger partial charge in [-0.1, -0.05) is 55.4 Å². The summed E-state index contributed by atoms with van der Waals surface area (Å²) >= 11 is 0. The summed E-state index contributed by atoms with van der Waals surface area (Å²) < 4.78 is 30.5. The van der Waals surface area contributed by atoms with Crippen LogP contribution in [-0.4, -0.2) is 36.3 Å². The van der Waals surface area contributed by atoms with Crippen molar-refractivity contribution in [2.45, 2.75) is 25.3 Å². The van der Waals surface area contributed by atoms with Crippen LogP contribution in [0.3, 0.4) is 0 Å². The predicted molar refractivity (Wildman–Crippen MR) is 132 cm³/mol. The maximum atomic E-state index is 12.5. The molecule has 2 aromatic carbocycles. The van der Waals surface area contributed by atoms with Gasteiger partial charge in [0.25, 0.3) is 0 Å². The summed E-state index contributed by atoms with van der Waals surface area (Å²) in [5, 5.41) is 7.28. The summed E-state index contributed by atoms with van der Waals surface area (Å²) in [6.45, 7) is 4.55. The number of rotatable bonds is 8. The fourth-order valence-corrected chi connectivity index (χ4v) is 5.23. The first-order valence-electron chi connectivity index (χ1n) is 10.9. The molecule has 176 valence electrons. The summed E-state index contributed by atoms with van der Waals surface area (Å²) in [4.78, 5) is 9.16. The number of anilines is 1. The molecule has 0 amide bonds. The Balaban J connectivity index is 1.61. The van der Waals surface area contributed by atoms with Crippen LogP contribution in [0, 0.1) is 5.92 Å². The van der Waals surface area contributed by atoms with Crippen molar-refractivity contribution in [1.29, 1.82) is 0 Å². The van der Waals surface area contributed by atoms with Crippen molar-refractivity contribution in [2.75, 3.05) is 18.5 Å². The van der Waals surface area contributed by atoms with Crippen molar-refractivity contribution >= 4 is 15.7 Å². The van der Waals surface area contributed by atoms with Gasteiger partial charge >= 0.3 is 0 Å². The average Bonchev–Trinajstić information content (AvgIpc) is 3.29. The third-order valence-corrected chi connectivity index (χ3v) is 7.33. The van der Waals surface area contributed by atoms with E-state index in [2.05, 4.69) is 20.4 Å². The zero-order chi connectivity index (χ0) is 24.3. The van der Waals surface area contributed by atoms with Gasteiger partial charge in [-0.15, -0.1) is 0 Å². The van der Waals surface area contributed by atoms with E-state index in [4.69, 9.17) is 10.3 Å². The highest BCUT2D eigenvalue weighted by Gasteiger charge is 2.18. The minimum absolute atomic E-state index is 0.0493. The van der Waals surface area contributed by atoms with Gasteiger partial charge < -0.3 is 15.6 Å². The first-order chi connectivity index (χ1) is 16.3. The standard InChI is InChI=1S/C25H27N5O3S/c1-16(2)15-34(31,32)20-10-8-19(9-11-20)22-14-28-25(26)24(29-22)23-12-21(30-33-23)18-6-4-17(5-7-18)13-27-3/h4-12,14,16,27H,13,15H2,1-3H3,(H2,26,28). The van der Waals surface area contributed by atoms with E-state index in [-0.39, 0.29) is 22.4 Å². The molecule has 4 aromatic rings. The molecule has 8 nitrogen and oxygen atoms in total. The summed E-state index contributed by atoms with van der Waals surface area (Å²) in [7, 11) is -1.43. The summed E-state index contributed by atoms with van der Waals surface area (Å²) in [6.07, 6.45) is 1.55. The Kier molecular flexibility index (Phi) is 6.76. The number of hydrogen-bond acceptors (Lipinski definition) is 8. The van der Waals surface area contributed by atoms with Crippen LogP contribution in [0.5, 0.6) is 0 Å². The molecule has 0 saturated heterocycles. The molecule has 9 heteroatoms. The Bertz CT molecular complexity index is 1380. The normalized spacial score (nSPS) is 11.8. The van der Waals surface area contributed by atoms with Gasteiger partial charge in [0.1, 0.15) is 5.69 Å². The second-order valence-electron chi connectivity index (χ2n) is 8.49. The molecule has 3 N–H and O–H groups in total. The molecule has 0 bridgehead atoms. The van der Waals surface area contributed by atoms with E-state index in [0.29, 0.717) is 22.8 Å². The Morgan fingerprint density at radius 3 is 2.29 bits per heavy atom. The number of nitrogens with zero attached hydrogens (tertiary/aromatic N) is 3. The first-order valence-corrected chi connectivity index (χ1v) is 12.6. The molecule has 4 rings (SSSR count). The van der Waals surface area contributed by atoms with Crippen LogP contribution < -0.4 is 11.1 Å². The SMILES string of the molecule is CNCc1ccc(-c2cc(-c3nc(-c4ccc(S(=O)(=O)CC(C)C)cc4)cnc3N)on2)cc1. The molecule has 0 unspecified atom stereocenters. The molecule has 0 radical (unpaired) electrons. The summed E-state index contributed by atoms with van der Waals surface area (Å²) in [5.41, 5.74) is 10.5. The summed E-state index contributed by atoms with van der Waals surface area (Å²) in [6, 6.07) is 16.4. The fourth-order valence-electron chi connectivity index (χ4n) is 3.61. The Morgan fingerprint density at radius 2 is 1.65 bits per heavy atom. The fraction of sp³-hybridized carbons (Fsp3) is 0.240. The summed E-state index contributed by atoms with van der Waals surface area (Å²) in [5.74, 6) is 0.766. The van der Waals surface area contributed by atoms with Gasteiger partial charge in [-0.3, -0.25) is 0 Å². The molecule has 0 saturated carbocycles. The Morgan fingerprint density at radius 1 is 1.00 bits per heavy atom. The van der Waals surface area contributed by atoms with Crippen LogP contribution in [0.25, 0.3) is 34.0 Å². The topological polar surface area (TPSA) is 124 Å². The number of nitrogen functional groups attached to an aromatic ring is 1. The van der Waals surface area contributed by atoms with Crippen molar-refractivity contribution in [3.63, 3.8) is 0 Å². The number of nitrogens with two attached hydrogens (primary N) is 1. The predicted octanol–water partition coefficient (Wildman–Crippen LogP) is 4.20. The van der Waals surface area contributed by atoms with Gasteiger partial charge in [-0.25, -0.2) is 18.4 Å². The van der Waals surface area contributed by atoms with E-state index in [0.717, 1.165) is 17.7 Å². The molecule has 0 aliphatic carbocycles. The number of sulfone groups is 1. The number of benzene rings is 2. The van der Waals surface area contributed by atoms with Crippen LogP contribution in [0.15, 0.2) is 70.2 Å². The van der Waals surface area contributed by atoms with Gasteiger partial charge in [-0.05, 0) is 30.7 Å². The zero-order valence-corrected chi connectivity index (χ0v) is 20.1. The lowest BCUT2D eigenvalue weighted by molar-refractivity contribution is 0.434. The molecular weight excluding hydrogens is 450 g/mol. The van der Waals surface area contributed by atoms with Gasteiger partial charge in [0.15, 0.2) is 27.1 Å². The molecule has 0 aliphatic rings. The van der Waals surface area contributed by atoms with Crippen LogP contribution in [0.4, 0.5) is 5.82 Å². The molecular formula is C25H27N5O3S. The Hall–Kier alpha value is -3.56. The highest BCUT2D eigenvalue weighted by Crippen LogP contribution is 2.30. The Labute approximate surface area is 199 Å². The zero-order valence-electron chi connectivity index (χ0n) is 19.3. The smallest absolute Gasteiger partial charge is 0.189 e. The highest BCUT2D eigenvalue weighted by atomic mass is 32.2. The monoisotopic (exact) mass is 477 g/mol. The lowest BCUT2D eigenvalue weighted by atomic mass is 10.1. The third kappa shape index (κ3) is 5.16. The van der Waals surface area contributed by atoms with Crippen LogP contribution >= 0.6 is 0 Å². The van der Waals surface area contributed by atoms with E-state index in [1.807, 2.05) is 45.2 Å². The molecule has 0 fully saturated rings. The van der Waals surface area contributed by atoms with Crippen LogP contribution in [-0.2, 0) is 16.4 Å². The van der Waals surface area contributed by atoms with E-state index in [9.17, 15) is 8.42 Å². The quantitative estimate of drug-likeness (QED) is 0.387. The molecule has 2 heterocycles.